The second-order valence-electron chi connectivity index (χ2n) is 7.00. The van der Waals surface area contributed by atoms with E-state index in [2.05, 4.69) is 11.1 Å². The molecule has 1 fully saturated rings. The molecule has 0 spiro atoms. The van der Waals surface area contributed by atoms with Gasteiger partial charge in [-0.05, 0) is 30.7 Å². The molecule has 0 saturated carbocycles. The number of ether oxygens (including phenoxy) is 1. The highest BCUT2D eigenvalue weighted by atomic mass is 35.5. The smallest absolute Gasteiger partial charge is 0.255 e. The zero-order valence-electron chi connectivity index (χ0n) is 16.1. The lowest BCUT2D eigenvalue weighted by atomic mass is 10.00. The molecule has 1 N–H and O–H groups in total. The lowest BCUT2D eigenvalue weighted by Gasteiger charge is -2.27. The summed E-state index contributed by atoms with van der Waals surface area (Å²) in [6.07, 6.45) is 0. The fraction of sp³-hybridized carbons (Fsp3) is 0.227. The van der Waals surface area contributed by atoms with Crippen LogP contribution in [0.1, 0.15) is 37.5 Å². The molecule has 2 aromatic carbocycles. The zero-order chi connectivity index (χ0) is 21.4. The average Bonchev–Trinajstić information content (AvgIpc) is 3.14. The van der Waals surface area contributed by atoms with Gasteiger partial charge in [0, 0.05) is 24.0 Å². The van der Waals surface area contributed by atoms with E-state index < -0.39 is 5.78 Å². The van der Waals surface area contributed by atoms with Gasteiger partial charge < -0.3 is 14.6 Å². The molecule has 1 aliphatic rings. The Kier molecular flexibility index (Phi) is 5.52. The van der Waals surface area contributed by atoms with Crippen molar-refractivity contribution in [3.05, 3.63) is 68.3 Å². The Bertz CT molecular complexity index is 1220. The largest absolute Gasteiger partial charge is 0.378 e. The highest BCUT2D eigenvalue weighted by molar-refractivity contribution is 6.43. The first-order chi connectivity index (χ1) is 14.4. The van der Waals surface area contributed by atoms with Crippen LogP contribution in [0.4, 0.5) is 0 Å². The molecule has 6 nitrogen and oxygen atoms in total. The van der Waals surface area contributed by atoms with Crippen LogP contribution < -0.4 is 0 Å². The number of nitrogens with zero attached hydrogens (tertiary/aromatic N) is 2. The second-order valence-corrected chi connectivity index (χ2v) is 7.79. The van der Waals surface area contributed by atoms with Gasteiger partial charge in [0.1, 0.15) is 11.8 Å². The van der Waals surface area contributed by atoms with E-state index in [1.54, 1.807) is 11.0 Å². The number of aryl methyl sites for hydroxylation is 1. The maximum atomic E-state index is 13.4. The molecule has 1 aliphatic heterocycles. The number of nitriles is 1. The van der Waals surface area contributed by atoms with Crippen LogP contribution in [0.25, 0.3) is 10.9 Å². The summed E-state index contributed by atoms with van der Waals surface area (Å²) in [5.74, 6) is -0.823. The van der Waals surface area contributed by atoms with Crippen LogP contribution in [-0.2, 0) is 4.74 Å². The number of ketones is 1. The van der Waals surface area contributed by atoms with Gasteiger partial charge in [-0.2, -0.15) is 5.26 Å². The van der Waals surface area contributed by atoms with Crippen molar-refractivity contribution in [3.63, 3.8) is 0 Å². The van der Waals surface area contributed by atoms with Crippen molar-refractivity contribution in [2.75, 3.05) is 26.3 Å². The summed E-state index contributed by atoms with van der Waals surface area (Å²) in [4.78, 5) is 31.0. The van der Waals surface area contributed by atoms with E-state index in [0.717, 1.165) is 5.56 Å². The Morgan fingerprint density at radius 2 is 1.90 bits per heavy atom. The van der Waals surface area contributed by atoms with Gasteiger partial charge in [-0.15, -0.1) is 0 Å². The summed E-state index contributed by atoms with van der Waals surface area (Å²) >= 11 is 12.8. The van der Waals surface area contributed by atoms with Crippen molar-refractivity contribution >= 4 is 45.8 Å². The topological polar surface area (TPSA) is 86.2 Å². The van der Waals surface area contributed by atoms with E-state index in [-0.39, 0.29) is 38.3 Å². The van der Waals surface area contributed by atoms with Crippen molar-refractivity contribution in [1.29, 1.82) is 5.26 Å². The summed E-state index contributed by atoms with van der Waals surface area (Å²) in [6.45, 7) is 3.65. The SMILES string of the molecule is Cc1cccc2[nH]c(C(=O)c3c(Cl)ccc(C(=O)N4CCOCC4)c3Cl)c(C#N)c12. The van der Waals surface area contributed by atoms with Gasteiger partial charge in [-0.3, -0.25) is 9.59 Å². The number of rotatable bonds is 3. The summed E-state index contributed by atoms with van der Waals surface area (Å²) in [5.41, 5.74) is 2.05. The summed E-state index contributed by atoms with van der Waals surface area (Å²) < 4.78 is 5.28. The number of carbonyl (C=O) groups excluding carboxylic acids is 2. The molecule has 3 aromatic rings. The first-order valence-electron chi connectivity index (χ1n) is 9.35. The number of nitrogens with one attached hydrogen (secondary N) is 1. The van der Waals surface area contributed by atoms with Crippen LogP contribution >= 0.6 is 23.2 Å². The number of halogens is 2. The minimum Gasteiger partial charge on any atom is -0.378 e. The van der Waals surface area contributed by atoms with Crippen LogP contribution in [0.15, 0.2) is 30.3 Å². The third-order valence-corrected chi connectivity index (χ3v) is 5.93. The fourth-order valence-electron chi connectivity index (χ4n) is 3.70. The van der Waals surface area contributed by atoms with Gasteiger partial charge >= 0.3 is 0 Å². The minimum atomic E-state index is -0.534. The van der Waals surface area contributed by atoms with Crippen molar-refractivity contribution in [2.45, 2.75) is 6.92 Å². The van der Waals surface area contributed by atoms with Gasteiger partial charge in [-0.25, -0.2) is 0 Å². The van der Waals surface area contributed by atoms with Gasteiger partial charge in [0.15, 0.2) is 0 Å². The highest BCUT2D eigenvalue weighted by Gasteiger charge is 2.28. The number of hydrogen-bond donors (Lipinski definition) is 1. The maximum Gasteiger partial charge on any atom is 0.255 e. The summed E-state index contributed by atoms with van der Waals surface area (Å²) in [6, 6.07) is 10.6. The van der Waals surface area contributed by atoms with E-state index in [9.17, 15) is 14.9 Å². The van der Waals surface area contributed by atoms with Crippen molar-refractivity contribution in [2.24, 2.45) is 0 Å². The third-order valence-electron chi connectivity index (χ3n) is 5.22. The lowest BCUT2D eigenvalue weighted by molar-refractivity contribution is 0.0303. The highest BCUT2D eigenvalue weighted by Crippen LogP contribution is 2.34. The molecule has 0 atom stereocenters. The minimum absolute atomic E-state index is 0.00171. The van der Waals surface area contributed by atoms with Crippen LogP contribution in [0, 0.1) is 18.3 Å². The van der Waals surface area contributed by atoms with Gasteiger partial charge in [0.05, 0.1) is 39.9 Å². The normalized spacial score (nSPS) is 14.0. The van der Waals surface area contributed by atoms with Crippen molar-refractivity contribution < 1.29 is 14.3 Å². The Hall–Kier alpha value is -2.85. The number of carbonyl (C=O) groups is 2. The quantitative estimate of drug-likeness (QED) is 0.611. The van der Waals surface area contributed by atoms with E-state index >= 15 is 0 Å². The van der Waals surface area contributed by atoms with Crippen LogP contribution in [0.2, 0.25) is 10.0 Å². The summed E-state index contributed by atoms with van der Waals surface area (Å²) in [7, 11) is 0. The van der Waals surface area contributed by atoms with E-state index in [0.29, 0.717) is 37.2 Å². The number of amides is 1. The molecule has 2 heterocycles. The van der Waals surface area contributed by atoms with Crippen molar-refractivity contribution in [3.8, 4) is 6.07 Å². The molecule has 0 aliphatic carbocycles. The number of fused-ring (bicyclic) bond motifs is 1. The fourth-order valence-corrected chi connectivity index (χ4v) is 4.32. The molecule has 1 saturated heterocycles. The van der Waals surface area contributed by atoms with Crippen LogP contribution in [-0.4, -0.2) is 47.9 Å². The standard InChI is InChI=1S/C22H17Cl2N3O3/c1-12-3-2-4-16-17(12)14(11-25)20(26-16)21(28)18-15(23)6-5-13(19(18)24)22(29)27-7-9-30-10-8-27/h2-6,26H,7-10H2,1H3. The van der Waals surface area contributed by atoms with Crippen LogP contribution in [0.5, 0.6) is 0 Å². The first-order valence-corrected chi connectivity index (χ1v) is 10.1. The van der Waals surface area contributed by atoms with Gasteiger partial charge in [0.2, 0.25) is 5.78 Å². The number of benzene rings is 2. The maximum absolute atomic E-state index is 13.4. The van der Waals surface area contributed by atoms with Gasteiger partial charge in [-0.1, -0.05) is 35.3 Å². The Morgan fingerprint density at radius 1 is 1.17 bits per heavy atom. The molecule has 1 amide bonds. The Morgan fingerprint density at radius 3 is 2.60 bits per heavy atom. The lowest BCUT2D eigenvalue weighted by Crippen LogP contribution is -2.40. The Balaban J connectivity index is 1.82. The van der Waals surface area contributed by atoms with Crippen LogP contribution in [0.3, 0.4) is 0 Å². The van der Waals surface area contributed by atoms with E-state index in [1.165, 1.54) is 12.1 Å². The number of hydrogen-bond acceptors (Lipinski definition) is 4. The molecule has 0 radical (unpaired) electrons. The number of aromatic amines is 1. The molecule has 152 valence electrons. The number of morpholine rings is 1. The predicted molar refractivity (Wildman–Crippen MR) is 114 cm³/mol. The Labute approximate surface area is 182 Å². The molecule has 0 bridgehead atoms. The predicted octanol–water partition coefficient (Wildman–Crippen LogP) is 4.36. The molecule has 0 unspecified atom stereocenters. The third kappa shape index (κ3) is 3.35. The number of H-pyrrole nitrogens is 1. The monoisotopic (exact) mass is 441 g/mol. The van der Waals surface area contributed by atoms with E-state index in [4.69, 9.17) is 27.9 Å². The summed E-state index contributed by atoms with van der Waals surface area (Å²) in [5, 5.41) is 10.5. The van der Waals surface area contributed by atoms with Gasteiger partial charge in [0.25, 0.3) is 5.91 Å². The number of aromatic nitrogens is 1. The molecule has 4 rings (SSSR count). The average molecular weight is 442 g/mol. The molecule has 8 heteroatoms. The van der Waals surface area contributed by atoms with Crippen molar-refractivity contribution in [1.82, 2.24) is 9.88 Å². The first kappa shape index (κ1) is 20.4. The zero-order valence-corrected chi connectivity index (χ0v) is 17.6. The van der Waals surface area contributed by atoms with E-state index in [1.807, 2.05) is 19.1 Å². The second kappa shape index (κ2) is 8.11. The molecule has 30 heavy (non-hydrogen) atoms. The molecule has 1 aromatic heterocycles. The molecular weight excluding hydrogens is 425 g/mol. The molecular formula is C22H17Cl2N3O3.